The first-order valence-electron chi connectivity index (χ1n) is 14.5. The molecule has 4 heterocycles. The Bertz CT molecular complexity index is 1060. The van der Waals surface area contributed by atoms with Gasteiger partial charge in [0.2, 0.25) is 0 Å². The number of hydrogen-bond donors (Lipinski definition) is 7. The monoisotopic (exact) mass is 608 g/mol. The molecule has 9 N–H and O–H groups in total. The van der Waals surface area contributed by atoms with Gasteiger partial charge in [0, 0.05) is 19.3 Å². The predicted molar refractivity (Wildman–Crippen MR) is 163 cm³/mol. The first-order chi connectivity index (χ1) is 20.1. The normalized spacial score (nSPS) is 23.4. The van der Waals surface area contributed by atoms with E-state index in [0.717, 1.165) is 37.5 Å². The van der Waals surface area contributed by atoms with Crippen molar-refractivity contribution >= 4 is 23.3 Å². The van der Waals surface area contributed by atoms with Crippen LogP contribution in [0.2, 0.25) is 0 Å². The number of carboxylic acid groups (broad SMARTS) is 1. The number of nitrogens with one attached hydrogen (secondary N) is 4. The summed E-state index contributed by atoms with van der Waals surface area (Å²) >= 11 is 0. The lowest BCUT2D eigenvalue weighted by Crippen LogP contribution is -2.41. The van der Waals surface area contributed by atoms with E-state index in [-0.39, 0.29) is 44.2 Å². The zero-order chi connectivity index (χ0) is 31.1. The van der Waals surface area contributed by atoms with Crippen molar-refractivity contribution in [2.24, 2.45) is 23.3 Å². The fourth-order valence-corrected chi connectivity index (χ4v) is 5.41. The van der Waals surface area contributed by atoms with E-state index in [0.29, 0.717) is 30.5 Å². The van der Waals surface area contributed by atoms with E-state index in [1.165, 1.54) is 43.5 Å². The maximum atomic E-state index is 11.2. The van der Waals surface area contributed by atoms with Crippen LogP contribution in [0, 0.1) is 11.8 Å². The number of Topliss-reactive ketones (excluding diaryl/α,β-unsaturated/α-hetero) is 3. The number of nitrogens with two attached hydrogens (primary N) is 2. The highest BCUT2D eigenvalue weighted by Gasteiger charge is 2.39. The second-order valence-electron chi connectivity index (χ2n) is 10.8. The number of carbonyl (C=O) groups is 4. The van der Waals surface area contributed by atoms with Crippen LogP contribution in [0.3, 0.4) is 0 Å². The lowest BCUT2D eigenvalue weighted by molar-refractivity contribution is -0.138. The van der Waals surface area contributed by atoms with Gasteiger partial charge in [-0.2, -0.15) is 0 Å². The van der Waals surface area contributed by atoms with Crippen LogP contribution < -0.4 is 33.1 Å². The summed E-state index contributed by atoms with van der Waals surface area (Å²) in [6.07, 6.45) is 10.7. The molecule has 1 aliphatic carbocycles. The number of carboxylic acids is 1. The summed E-state index contributed by atoms with van der Waals surface area (Å²) in [4.78, 5) is 42.7. The Morgan fingerprint density at radius 3 is 2.23 bits per heavy atom. The van der Waals surface area contributed by atoms with Crippen molar-refractivity contribution in [1.29, 1.82) is 0 Å². The van der Waals surface area contributed by atoms with Crippen molar-refractivity contribution in [3.8, 4) is 0 Å². The van der Waals surface area contributed by atoms with Crippen molar-refractivity contribution in [2.45, 2.75) is 91.9 Å². The highest BCUT2D eigenvalue weighted by Crippen LogP contribution is 2.36. The SMILES string of the molecule is C.CC(=O)C1CCCN1.CC(=O)C1NCC2CCCCC21.CC(=O)CN1NNC=C1CN.NCc1cnnn1CC(=O)O. The third-order valence-corrected chi connectivity index (χ3v) is 7.55. The lowest BCUT2D eigenvalue weighted by Gasteiger charge is -2.26. The molecule has 0 radical (unpaired) electrons. The molecule has 0 bridgehead atoms. The quantitative estimate of drug-likeness (QED) is 0.204. The zero-order valence-electron chi connectivity index (χ0n) is 25.0. The van der Waals surface area contributed by atoms with E-state index >= 15 is 0 Å². The zero-order valence-corrected chi connectivity index (χ0v) is 25.0. The number of aliphatic carboxylic acids is 1. The molecule has 15 heteroatoms. The van der Waals surface area contributed by atoms with E-state index in [1.54, 1.807) is 25.1 Å². The first-order valence-corrected chi connectivity index (χ1v) is 14.5. The van der Waals surface area contributed by atoms with Gasteiger partial charge in [0.05, 0.1) is 36.2 Å². The standard InChI is InChI=1S/C10H17NO.C6H12N4O.C6H11NO.C5H8N4O2.CH4/c1-7(12)10-9-5-3-2-4-8(9)6-11-10;1-5(11)4-10-6(2-7)3-8-9-10;1-5(8)6-3-2-4-7-6;6-1-4-2-7-8-9(4)3-5(10)11;/h8-11H,2-6H2,1H3;3,8-9H,2,4,7H2,1H3;6-7H,2-4H2,1H3;2H,1,3,6H2,(H,10,11);1H4. The minimum absolute atomic E-state index is 0. The highest BCUT2D eigenvalue weighted by atomic mass is 16.4. The van der Waals surface area contributed by atoms with Gasteiger partial charge in [-0.3, -0.25) is 24.2 Å². The van der Waals surface area contributed by atoms with Crippen LogP contribution in [0.25, 0.3) is 0 Å². The maximum absolute atomic E-state index is 11.2. The molecule has 2 saturated heterocycles. The van der Waals surface area contributed by atoms with Crippen LogP contribution in [0.1, 0.15) is 72.4 Å². The van der Waals surface area contributed by atoms with Crippen molar-refractivity contribution in [3.05, 3.63) is 23.8 Å². The van der Waals surface area contributed by atoms with Gasteiger partial charge in [0.15, 0.2) is 5.78 Å². The summed E-state index contributed by atoms with van der Waals surface area (Å²) < 4.78 is 1.25. The number of carbonyl (C=O) groups excluding carboxylic acids is 3. The third-order valence-electron chi connectivity index (χ3n) is 7.55. The molecule has 0 spiro atoms. The number of nitrogens with zero attached hydrogens (tertiary/aromatic N) is 4. The Balaban J connectivity index is 0.000000287. The Kier molecular flexibility index (Phi) is 17.4. The molecule has 15 nitrogen and oxygen atoms in total. The topological polar surface area (TPSA) is 223 Å². The van der Waals surface area contributed by atoms with Crippen LogP contribution in [0.4, 0.5) is 0 Å². The summed E-state index contributed by atoms with van der Waals surface area (Å²) in [5.74, 6) is 1.22. The summed E-state index contributed by atoms with van der Waals surface area (Å²) in [6, 6.07) is 0.366. The number of hydrogen-bond acceptors (Lipinski definition) is 13. The van der Waals surface area contributed by atoms with Gasteiger partial charge < -0.3 is 32.6 Å². The first kappa shape index (κ1) is 37.8. The van der Waals surface area contributed by atoms with Gasteiger partial charge in [-0.1, -0.05) is 25.5 Å². The van der Waals surface area contributed by atoms with Crippen molar-refractivity contribution in [3.63, 3.8) is 0 Å². The van der Waals surface area contributed by atoms with Gasteiger partial charge in [0.1, 0.15) is 18.1 Å². The summed E-state index contributed by atoms with van der Waals surface area (Å²) in [7, 11) is 0. The Hall–Kier alpha value is -3.24. The Morgan fingerprint density at radius 1 is 0.977 bits per heavy atom. The average molecular weight is 609 g/mol. The maximum Gasteiger partial charge on any atom is 0.325 e. The molecule has 1 saturated carbocycles. The number of ketones is 3. The van der Waals surface area contributed by atoms with Gasteiger partial charge in [-0.15, -0.1) is 10.6 Å². The molecular formula is C28H52N10O5. The van der Waals surface area contributed by atoms with E-state index in [9.17, 15) is 19.2 Å². The van der Waals surface area contributed by atoms with Gasteiger partial charge >= 0.3 is 5.97 Å². The fourth-order valence-electron chi connectivity index (χ4n) is 5.41. The molecule has 1 aromatic heterocycles. The molecule has 3 aliphatic heterocycles. The molecule has 4 atom stereocenters. The molecule has 0 aromatic carbocycles. The summed E-state index contributed by atoms with van der Waals surface area (Å²) in [5.41, 5.74) is 17.7. The second kappa shape index (κ2) is 19.9. The molecule has 244 valence electrons. The minimum atomic E-state index is -0.954. The van der Waals surface area contributed by atoms with Gasteiger partial charge in [-0.25, -0.2) is 4.68 Å². The van der Waals surface area contributed by atoms with E-state index in [1.807, 2.05) is 0 Å². The van der Waals surface area contributed by atoms with Crippen LogP contribution in [0.15, 0.2) is 18.1 Å². The van der Waals surface area contributed by atoms with Gasteiger partial charge in [-0.05, 0) is 71.4 Å². The van der Waals surface area contributed by atoms with E-state index in [4.69, 9.17) is 16.6 Å². The molecule has 43 heavy (non-hydrogen) atoms. The van der Waals surface area contributed by atoms with Crippen LogP contribution in [-0.2, 0) is 32.3 Å². The van der Waals surface area contributed by atoms with Crippen LogP contribution in [0.5, 0.6) is 0 Å². The smallest absolute Gasteiger partial charge is 0.325 e. The third kappa shape index (κ3) is 12.9. The number of rotatable bonds is 8. The van der Waals surface area contributed by atoms with Crippen molar-refractivity contribution in [2.75, 3.05) is 26.2 Å². The van der Waals surface area contributed by atoms with Crippen LogP contribution in [-0.4, -0.2) is 86.7 Å². The number of fused-ring (bicyclic) bond motifs is 1. The molecule has 5 rings (SSSR count). The molecule has 0 amide bonds. The minimum Gasteiger partial charge on any atom is -0.480 e. The molecule has 3 fully saturated rings. The van der Waals surface area contributed by atoms with Crippen molar-refractivity contribution < 1.29 is 24.3 Å². The average Bonchev–Trinajstić information content (AvgIpc) is 3.76. The summed E-state index contributed by atoms with van der Waals surface area (Å²) in [6.45, 7) is 7.82. The molecule has 4 unspecified atom stereocenters. The summed E-state index contributed by atoms with van der Waals surface area (Å²) in [5, 5.41) is 23.6. The fraction of sp³-hybridized carbons (Fsp3) is 0.714. The number of aromatic nitrogens is 3. The lowest BCUT2D eigenvalue weighted by atomic mass is 9.78. The molecule has 1 aromatic rings. The molecule has 4 aliphatic rings. The predicted octanol–water partition coefficient (Wildman–Crippen LogP) is -0.161. The van der Waals surface area contributed by atoms with Crippen LogP contribution >= 0.6 is 0 Å². The Labute approximate surface area is 254 Å². The van der Waals surface area contributed by atoms with Gasteiger partial charge in [0.25, 0.3) is 0 Å². The Morgan fingerprint density at radius 2 is 1.70 bits per heavy atom. The largest absolute Gasteiger partial charge is 0.480 e. The highest BCUT2D eigenvalue weighted by molar-refractivity contribution is 5.82. The van der Waals surface area contributed by atoms with E-state index in [2.05, 4.69) is 31.9 Å². The number of hydrazine groups is 2. The van der Waals surface area contributed by atoms with Crippen molar-refractivity contribution in [1.82, 2.24) is 41.6 Å². The van der Waals surface area contributed by atoms with E-state index < -0.39 is 5.97 Å². The second-order valence-corrected chi connectivity index (χ2v) is 10.8. The molecular weight excluding hydrogens is 556 g/mol.